The third-order valence-electron chi connectivity index (χ3n) is 2.86. The standard InChI is InChI=1S/C14H20Cl2N2O3/c1-14(20,6-7-21-2)9-17-8-12(19)18-13-10(15)4-3-5-11(13)16/h3-5,17,20H,6-9H2,1-2H3,(H,18,19). The molecule has 0 heterocycles. The highest BCUT2D eigenvalue weighted by atomic mass is 35.5. The second-order valence-electron chi connectivity index (χ2n) is 4.99. The summed E-state index contributed by atoms with van der Waals surface area (Å²) < 4.78 is 4.91. The molecular formula is C14H20Cl2N2O3. The Kier molecular flexibility index (Phi) is 7.42. The van der Waals surface area contributed by atoms with Gasteiger partial charge in [-0.15, -0.1) is 0 Å². The molecule has 3 N–H and O–H groups in total. The minimum atomic E-state index is -0.932. The molecule has 5 nitrogen and oxygen atoms in total. The van der Waals surface area contributed by atoms with Gasteiger partial charge in [-0.25, -0.2) is 0 Å². The summed E-state index contributed by atoms with van der Waals surface area (Å²) >= 11 is 11.9. The van der Waals surface area contributed by atoms with Crippen LogP contribution >= 0.6 is 23.2 Å². The molecule has 1 unspecified atom stereocenters. The van der Waals surface area contributed by atoms with Gasteiger partial charge in [0.25, 0.3) is 0 Å². The van der Waals surface area contributed by atoms with Gasteiger partial charge in [-0.05, 0) is 19.1 Å². The topological polar surface area (TPSA) is 70.6 Å². The van der Waals surface area contributed by atoms with Crippen molar-refractivity contribution >= 4 is 34.8 Å². The van der Waals surface area contributed by atoms with E-state index in [0.29, 0.717) is 28.8 Å². The van der Waals surface area contributed by atoms with Crippen LogP contribution in [0.5, 0.6) is 0 Å². The maximum atomic E-state index is 11.8. The normalized spacial score (nSPS) is 13.8. The number of amides is 1. The molecule has 0 fully saturated rings. The molecular weight excluding hydrogens is 315 g/mol. The summed E-state index contributed by atoms with van der Waals surface area (Å²) in [5, 5.41) is 16.3. The molecule has 0 radical (unpaired) electrons. The third kappa shape index (κ3) is 6.63. The fourth-order valence-corrected chi connectivity index (χ4v) is 2.15. The molecule has 1 aromatic carbocycles. The van der Waals surface area contributed by atoms with Gasteiger partial charge in [-0.2, -0.15) is 0 Å². The lowest BCUT2D eigenvalue weighted by molar-refractivity contribution is -0.115. The molecule has 0 aliphatic carbocycles. The minimum absolute atomic E-state index is 0.0463. The lowest BCUT2D eigenvalue weighted by atomic mass is 10.0. The maximum absolute atomic E-state index is 11.8. The first kappa shape index (κ1) is 18.2. The summed E-state index contributed by atoms with van der Waals surface area (Å²) in [6.45, 7) is 2.46. The summed E-state index contributed by atoms with van der Waals surface area (Å²) in [6.07, 6.45) is 0.481. The van der Waals surface area contributed by atoms with Crippen LogP contribution in [0.15, 0.2) is 18.2 Å². The highest BCUT2D eigenvalue weighted by Crippen LogP contribution is 2.29. The number of carbonyl (C=O) groups excluding carboxylic acids is 1. The largest absolute Gasteiger partial charge is 0.389 e. The van der Waals surface area contributed by atoms with Crippen molar-refractivity contribution in [1.82, 2.24) is 5.32 Å². The zero-order valence-corrected chi connectivity index (χ0v) is 13.6. The number of halogens is 2. The van der Waals surface area contributed by atoms with E-state index in [1.807, 2.05) is 0 Å². The van der Waals surface area contributed by atoms with Crippen LogP contribution in [-0.4, -0.2) is 43.4 Å². The number of hydrogen-bond acceptors (Lipinski definition) is 4. The Morgan fingerprint density at radius 3 is 2.57 bits per heavy atom. The Hall–Kier alpha value is -0.850. The van der Waals surface area contributed by atoms with E-state index >= 15 is 0 Å². The number of ether oxygens (including phenoxy) is 1. The van der Waals surface area contributed by atoms with Crippen LogP contribution in [0.4, 0.5) is 5.69 Å². The van der Waals surface area contributed by atoms with E-state index < -0.39 is 5.60 Å². The average Bonchev–Trinajstić information content (AvgIpc) is 2.41. The van der Waals surface area contributed by atoms with Crippen molar-refractivity contribution in [2.24, 2.45) is 0 Å². The summed E-state index contributed by atoms with van der Waals surface area (Å²) in [4.78, 5) is 11.8. The number of nitrogens with one attached hydrogen (secondary N) is 2. The summed E-state index contributed by atoms with van der Waals surface area (Å²) in [5.74, 6) is -0.285. The lowest BCUT2D eigenvalue weighted by Gasteiger charge is -2.23. The van der Waals surface area contributed by atoms with Gasteiger partial charge in [0, 0.05) is 26.7 Å². The van der Waals surface area contributed by atoms with Crippen LogP contribution < -0.4 is 10.6 Å². The number of methoxy groups -OCH3 is 1. The van der Waals surface area contributed by atoms with Crippen molar-refractivity contribution in [2.75, 3.05) is 32.1 Å². The Bertz CT molecular complexity index is 461. The Morgan fingerprint density at radius 2 is 2.00 bits per heavy atom. The SMILES string of the molecule is COCCC(C)(O)CNCC(=O)Nc1c(Cl)cccc1Cl. The van der Waals surface area contributed by atoms with Crippen LogP contribution in [-0.2, 0) is 9.53 Å². The molecule has 118 valence electrons. The van der Waals surface area contributed by atoms with E-state index in [2.05, 4.69) is 10.6 Å². The van der Waals surface area contributed by atoms with Crippen LogP contribution in [0.25, 0.3) is 0 Å². The first-order valence-corrected chi connectivity index (χ1v) is 7.27. The van der Waals surface area contributed by atoms with Crippen molar-refractivity contribution in [3.63, 3.8) is 0 Å². The van der Waals surface area contributed by atoms with Gasteiger partial charge in [0.1, 0.15) is 0 Å². The number of carbonyl (C=O) groups is 1. The number of para-hydroxylation sites is 1. The van der Waals surface area contributed by atoms with E-state index in [0.717, 1.165) is 0 Å². The van der Waals surface area contributed by atoms with Gasteiger partial charge in [0.05, 0.1) is 27.9 Å². The second kappa shape index (κ2) is 8.56. The molecule has 1 aromatic rings. The monoisotopic (exact) mass is 334 g/mol. The Balaban J connectivity index is 2.41. The van der Waals surface area contributed by atoms with Crippen LogP contribution in [0.3, 0.4) is 0 Å². The van der Waals surface area contributed by atoms with Gasteiger partial charge < -0.3 is 20.5 Å². The highest BCUT2D eigenvalue weighted by Gasteiger charge is 2.20. The predicted molar refractivity (Wildman–Crippen MR) is 85.1 cm³/mol. The van der Waals surface area contributed by atoms with Gasteiger partial charge in [0.2, 0.25) is 5.91 Å². The molecule has 0 spiro atoms. The van der Waals surface area contributed by atoms with Crippen LogP contribution in [0, 0.1) is 0 Å². The first-order valence-electron chi connectivity index (χ1n) is 6.51. The lowest BCUT2D eigenvalue weighted by Crippen LogP contribution is -2.41. The molecule has 0 aliphatic rings. The van der Waals surface area contributed by atoms with E-state index in [4.69, 9.17) is 27.9 Å². The van der Waals surface area contributed by atoms with Gasteiger partial charge >= 0.3 is 0 Å². The second-order valence-corrected chi connectivity index (χ2v) is 5.80. The molecule has 0 saturated carbocycles. The first-order chi connectivity index (χ1) is 9.85. The van der Waals surface area contributed by atoms with Crippen molar-refractivity contribution in [3.05, 3.63) is 28.2 Å². The molecule has 0 saturated heterocycles. The quantitative estimate of drug-likeness (QED) is 0.682. The molecule has 0 bridgehead atoms. The summed E-state index contributed by atoms with van der Waals surface area (Å²) in [7, 11) is 1.57. The average molecular weight is 335 g/mol. The van der Waals surface area contributed by atoms with E-state index in [9.17, 15) is 9.90 Å². The Morgan fingerprint density at radius 1 is 1.38 bits per heavy atom. The molecule has 1 amide bonds. The molecule has 0 aliphatic heterocycles. The molecule has 21 heavy (non-hydrogen) atoms. The van der Waals surface area contributed by atoms with Crippen molar-refractivity contribution in [1.29, 1.82) is 0 Å². The molecule has 0 aromatic heterocycles. The van der Waals surface area contributed by atoms with Gasteiger partial charge in [0.15, 0.2) is 0 Å². The van der Waals surface area contributed by atoms with Crippen molar-refractivity contribution in [2.45, 2.75) is 18.9 Å². The number of rotatable bonds is 8. The highest BCUT2D eigenvalue weighted by molar-refractivity contribution is 6.39. The number of benzene rings is 1. The van der Waals surface area contributed by atoms with E-state index in [-0.39, 0.29) is 19.0 Å². The maximum Gasteiger partial charge on any atom is 0.238 e. The van der Waals surface area contributed by atoms with Crippen LogP contribution in [0.2, 0.25) is 10.0 Å². The van der Waals surface area contributed by atoms with Crippen LogP contribution in [0.1, 0.15) is 13.3 Å². The molecule has 1 atom stereocenters. The third-order valence-corrected chi connectivity index (χ3v) is 3.49. The fourth-order valence-electron chi connectivity index (χ4n) is 1.66. The predicted octanol–water partition coefficient (Wildman–Crippen LogP) is 2.31. The number of aliphatic hydroxyl groups is 1. The van der Waals surface area contributed by atoms with Crippen molar-refractivity contribution < 1.29 is 14.6 Å². The molecule has 7 heteroatoms. The molecule has 1 rings (SSSR count). The van der Waals surface area contributed by atoms with E-state index in [1.54, 1.807) is 32.2 Å². The minimum Gasteiger partial charge on any atom is -0.389 e. The zero-order valence-electron chi connectivity index (χ0n) is 12.1. The van der Waals surface area contributed by atoms with Gasteiger partial charge in [-0.3, -0.25) is 4.79 Å². The van der Waals surface area contributed by atoms with E-state index in [1.165, 1.54) is 0 Å². The van der Waals surface area contributed by atoms with Crippen molar-refractivity contribution in [3.8, 4) is 0 Å². The van der Waals surface area contributed by atoms with Gasteiger partial charge in [-0.1, -0.05) is 29.3 Å². The number of anilines is 1. The smallest absolute Gasteiger partial charge is 0.238 e. The zero-order chi connectivity index (χ0) is 15.9. The number of hydrogen-bond donors (Lipinski definition) is 3. The Labute approximate surface area is 134 Å². The summed E-state index contributed by atoms with van der Waals surface area (Å²) in [5.41, 5.74) is -0.544. The summed E-state index contributed by atoms with van der Waals surface area (Å²) in [6, 6.07) is 4.99. The fraction of sp³-hybridized carbons (Fsp3) is 0.500.